The van der Waals surface area contributed by atoms with Gasteiger partial charge in [0.1, 0.15) is 5.69 Å². The van der Waals surface area contributed by atoms with Gasteiger partial charge in [0.25, 0.3) is 5.88 Å². The molecule has 0 spiro atoms. The lowest BCUT2D eigenvalue weighted by atomic mass is 10.1. The van der Waals surface area contributed by atoms with Gasteiger partial charge in [-0.15, -0.1) is 16.4 Å². The van der Waals surface area contributed by atoms with Gasteiger partial charge in [-0.1, -0.05) is 28.9 Å². The molecule has 1 aliphatic heterocycles. The predicted octanol–water partition coefficient (Wildman–Crippen LogP) is 7.06. The molecule has 1 amide bonds. The van der Waals surface area contributed by atoms with Crippen LogP contribution in [0, 0.1) is 0 Å². The molecule has 6 rings (SSSR count). The van der Waals surface area contributed by atoms with Crippen molar-refractivity contribution in [3.8, 4) is 16.5 Å². The number of fused-ring (bicyclic) bond motifs is 1. The van der Waals surface area contributed by atoms with Crippen LogP contribution in [0.2, 0.25) is 4.34 Å². The lowest BCUT2D eigenvalue weighted by molar-refractivity contribution is 0.213. The average molecular weight is 534 g/mol. The molecule has 0 bridgehead atoms. The number of hydrogen-bond donors (Lipinski definition) is 1. The van der Waals surface area contributed by atoms with Crippen LogP contribution in [0.15, 0.2) is 71.3 Å². The zero-order valence-corrected chi connectivity index (χ0v) is 21.5. The van der Waals surface area contributed by atoms with Gasteiger partial charge in [-0.2, -0.15) is 0 Å². The molecule has 5 aromatic rings. The summed E-state index contributed by atoms with van der Waals surface area (Å²) in [5.41, 5.74) is 3.34. The highest BCUT2D eigenvalue weighted by atomic mass is 35.5. The summed E-state index contributed by atoms with van der Waals surface area (Å²) in [6.45, 7) is 2.50. The molecule has 0 aliphatic carbocycles. The van der Waals surface area contributed by atoms with Crippen molar-refractivity contribution in [2.45, 2.75) is 25.8 Å². The highest BCUT2D eigenvalue weighted by Crippen LogP contribution is 2.32. The van der Waals surface area contributed by atoms with Crippen LogP contribution in [0.25, 0.3) is 21.5 Å². The van der Waals surface area contributed by atoms with Crippen LogP contribution in [-0.4, -0.2) is 34.1 Å². The van der Waals surface area contributed by atoms with Crippen molar-refractivity contribution < 1.29 is 14.1 Å². The van der Waals surface area contributed by atoms with Gasteiger partial charge in [0.05, 0.1) is 26.7 Å². The number of carbonyl (C=O) groups is 1. The lowest BCUT2D eigenvalue weighted by Gasteiger charge is -2.28. The fourth-order valence-corrected chi connectivity index (χ4v) is 5.53. The van der Waals surface area contributed by atoms with Crippen LogP contribution in [-0.2, 0) is 6.54 Å². The number of halogens is 1. The van der Waals surface area contributed by atoms with Gasteiger partial charge in [0.15, 0.2) is 5.76 Å². The van der Waals surface area contributed by atoms with E-state index in [2.05, 4.69) is 20.5 Å². The molecule has 3 aromatic heterocycles. The summed E-state index contributed by atoms with van der Waals surface area (Å²) in [4.78, 5) is 16.0. The highest BCUT2D eigenvalue weighted by Gasteiger charge is 2.18. The van der Waals surface area contributed by atoms with Crippen molar-refractivity contribution in [3.05, 3.63) is 76.8 Å². The number of para-hydroxylation sites is 1. The molecule has 1 aliphatic rings. The third-order valence-electron chi connectivity index (χ3n) is 6.34. The Kier molecular flexibility index (Phi) is 6.55. The van der Waals surface area contributed by atoms with Crippen molar-refractivity contribution in [2.75, 3.05) is 23.3 Å². The second kappa shape index (κ2) is 10.3. The first kappa shape index (κ1) is 23.6. The van der Waals surface area contributed by atoms with Crippen LogP contribution in [0.3, 0.4) is 0 Å². The summed E-state index contributed by atoms with van der Waals surface area (Å²) in [5, 5.41) is 12.3. The molecule has 188 valence electrons. The maximum atomic E-state index is 12.7. The van der Waals surface area contributed by atoms with Crippen molar-refractivity contribution >= 4 is 51.3 Å². The molecule has 0 atom stereocenters. The van der Waals surface area contributed by atoms with Gasteiger partial charge in [-0.25, -0.2) is 4.79 Å². The quantitative estimate of drug-likeness (QED) is 0.251. The normalized spacial score (nSPS) is 13.7. The number of nitrogens with zero attached hydrogens (tertiary/aromatic N) is 4. The van der Waals surface area contributed by atoms with E-state index in [4.69, 9.17) is 20.9 Å². The minimum Gasteiger partial charge on any atom is -0.389 e. The molecule has 0 saturated carbocycles. The Hall–Kier alpha value is -3.82. The first-order valence-corrected chi connectivity index (χ1v) is 13.3. The number of nitrogens with one attached hydrogen (secondary N) is 1. The molecule has 37 heavy (non-hydrogen) atoms. The Balaban J connectivity index is 1.16. The van der Waals surface area contributed by atoms with E-state index in [1.54, 1.807) is 4.68 Å². The van der Waals surface area contributed by atoms with Crippen molar-refractivity contribution in [2.24, 2.45) is 0 Å². The summed E-state index contributed by atoms with van der Waals surface area (Å²) in [6, 6.07) is 21.0. The van der Waals surface area contributed by atoms with E-state index in [0.717, 1.165) is 28.9 Å². The third-order valence-corrected chi connectivity index (χ3v) is 7.58. The molecule has 1 saturated heterocycles. The molecule has 1 N–H and O–H groups in total. The Morgan fingerprint density at radius 1 is 1.05 bits per heavy atom. The Morgan fingerprint density at radius 2 is 1.86 bits per heavy atom. The highest BCUT2D eigenvalue weighted by molar-refractivity contribution is 7.19. The second-order valence-corrected chi connectivity index (χ2v) is 10.6. The molecular formula is C27H24ClN5O3S. The summed E-state index contributed by atoms with van der Waals surface area (Å²) < 4.78 is 13.5. The zero-order valence-electron chi connectivity index (χ0n) is 19.9. The second-order valence-electron chi connectivity index (χ2n) is 8.88. The Morgan fingerprint density at radius 3 is 2.65 bits per heavy atom. The minimum atomic E-state index is -0.598. The van der Waals surface area contributed by atoms with Gasteiger partial charge in [0, 0.05) is 30.5 Å². The number of hydrogen-bond acceptors (Lipinski definition) is 7. The molecule has 4 heterocycles. The van der Waals surface area contributed by atoms with Crippen molar-refractivity contribution in [1.82, 2.24) is 14.9 Å². The molecule has 10 heteroatoms. The summed E-state index contributed by atoms with van der Waals surface area (Å²) in [5.74, 6) is 0.873. The lowest BCUT2D eigenvalue weighted by Crippen LogP contribution is -2.29. The van der Waals surface area contributed by atoms with Gasteiger partial charge in [-0.3, -0.25) is 10.00 Å². The average Bonchev–Trinajstić information content (AvgIpc) is 3.65. The van der Waals surface area contributed by atoms with Crippen LogP contribution < -0.4 is 15.0 Å². The van der Waals surface area contributed by atoms with Crippen LogP contribution in [0.5, 0.6) is 5.88 Å². The number of rotatable bonds is 6. The van der Waals surface area contributed by atoms with E-state index in [1.165, 1.54) is 36.3 Å². The minimum absolute atomic E-state index is 0.229. The number of amides is 1. The van der Waals surface area contributed by atoms with Gasteiger partial charge >= 0.3 is 6.09 Å². The largest absolute Gasteiger partial charge is 0.418 e. The third kappa shape index (κ3) is 5.19. The number of thiophene rings is 1. The number of piperidine rings is 1. The molecule has 1 fully saturated rings. The van der Waals surface area contributed by atoms with Crippen LogP contribution >= 0.6 is 22.9 Å². The number of aromatic nitrogens is 3. The SMILES string of the molecule is O=C(Nc1ccc(N2CCCCC2)cc1)Oc1nn(Cc2cc(-c3ccc(Cl)s3)on2)c2ccccc12. The summed E-state index contributed by atoms with van der Waals surface area (Å²) >= 11 is 7.47. The van der Waals surface area contributed by atoms with E-state index < -0.39 is 6.09 Å². The number of benzene rings is 2. The van der Waals surface area contributed by atoms with Crippen LogP contribution in [0.1, 0.15) is 25.0 Å². The first-order chi connectivity index (χ1) is 18.1. The monoisotopic (exact) mass is 533 g/mol. The fraction of sp³-hybridized carbons (Fsp3) is 0.222. The molecule has 0 radical (unpaired) electrons. The smallest absolute Gasteiger partial charge is 0.389 e. The molecule has 2 aromatic carbocycles. The summed E-state index contributed by atoms with van der Waals surface area (Å²) in [6.07, 6.45) is 3.12. The topological polar surface area (TPSA) is 85.4 Å². The van der Waals surface area contributed by atoms with Crippen molar-refractivity contribution in [1.29, 1.82) is 0 Å². The standard InChI is InChI=1S/C27H24ClN5O3S/c28-25-13-12-24(37-25)23-16-19(31-36-23)17-33-22-7-3-2-6-21(22)26(30-33)35-27(34)29-18-8-10-20(11-9-18)32-14-4-1-5-15-32/h2-3,6-13,16H,1,4-5,14-15,17H2,(H,29,34). The maximum Gasteiger partial charge on any atom is 0.418 e. The van der Waals surface area contributed by atoms with Crippen LogP contribution in [0.4, 0.5) is 16.2 Å². The predicted molar refractivity (Wildman–Crippen MR) is 146 cm³/mol. The van der Waals surface area contributed by atoms with Gasteiger partial charge in [-0.05, 0) is 67.8 Å². The first-order valence-electron chi connectivity index (χ1n) is 12.1. The number of ether oxygens (including phenoxy) is 1. The fourth-order valence-electron chi connectivity index (χ4n) is 4.53. The van der Waals surface area contributed by atoms with Gasteiger partial charge < -0.3 is 14.2 Å². The number of carbonyl (C=O) groups excluding carboxylic acids is 1. The summed E-state index contributed by atoms with van der Waals surface area (Å²) in [7, 11) is 0. The maximum absolute atomic E-state index is 12.7. The van der Waals surface area contributed by atoms with E-state index in [-0.39, 0.29) is 5.88 Å². The Labute approximate surface area is 222 Å². The molecule has 8 nitrogen and oxygen atoms in total. The Bertz CT molecular complexity index is 1540. The number of anilines is 2. The zero-order chi connectivity index (χ0) is 25.2. The van der Waals surface area contributed by atoms with E-state index in [1.807, 2.05) is 66.7 Å². The van der Waals surface area contributed by atoms with E-state index in [0.29, 0.717) is 28.0 Å². The molecule has 0 unspecified atom stereocenters. The van der Waals surface area contributed by atoms with E-state index in [9.17, 15) is 4.79 Å². The van der Waals surface area contributed by atoms with Gasteiger partial charge in [0.2, 0.25) is 0 Å². The van der Waals surface area contributed by atoms with Crippen molar-refractivity contribution in [3.63, 3.8) is 0 Å². The molecular weight excluding hydrogens is 510 g/mol. The van der Waals surface area contributed by atoms with E-state index >= 15 is 0 Å².